The van der Waals surface area contributed by atoms with Crippen LogP contribution in [-0.4, -0.2) is 9.55 Å². The first-order valence-electron chi connectivity index (χ1n) is 6.65. The Bertz CT molecular complexity index is 536. The molecule has 2 N–H and O–H groups in total. The number of hydrogen-bond acceptors (Lipinski definition) is 2. The molecule has 1 aromatic carbocycles. The van der Waals surface area contributed by atoms with E-state index >= 15 is 0 Å². The van der Waals surface area contributed by atoms with Gasteiger partial charge in [-0.2, -0.15) is 0 Å². The maximum atomic E-state index is 6.20. The van der Waals surface area contributed by atoms with Gasteiger partial charge in [-0.05, 0) is 12.8 Å². The van der Waals surface area contributed by atoms with Gasteiger partial charge in [-0.25, -0.2) is 4.98 Å². The number of anilines is 1. The molecule has 1 heterocycles. The number of nitrogens with two attached hydrogens (primary N) is 1. The number of imidazole rings is 1. The number of nitrogen functional groups attached to an aromatic ring is 1. The standard InChI is InChI=1S/C15H19N3/c1-18-14(16)13(11-7-3-2-4-8-11)17-15(18)12-9-5-6-10-12/h2-4,7-8,12H,5-6,9-10,16H2,1H3. The molecular weight excluding hydrogens is 222 g/mol. The summed E-state index contributed by atoms with van der Waals surface area (Å²) >= 11 is 0. The van der Waals surface area contributed by atoms with Crippen LogP contribution in [0.5, 0.6) is 0 Å². The summed E-state index contributed by atoms with van der Waals surface area (Å²) in [5.41, 5.74) is 8.24. The van der Waals surface area contributed by atoms with Crippen LogP contribution in [0.4, 0.5) is 5.82 Å². The highest BCUT2D eigenvalue weighted by Gasteiger charge is 2.24. The second kappa shape index (κ2) is 4.48. The van der Waals surface area contributed by atoms with Crippen LogP contribution in [0.15, 0.2) is 30.3 Å². The van der Waals surface area contributed by atoms with Crippen LogP contribution < -0.4 is 5.73 Å². The summed E-state index contributed by atoms with van der Waals surface area (Å²) in [5.74, 6) is 2.53. The van der Waals surface area contributed by atoms with E-state index in [0.29, 0.717) is 5.92 Å². The molecule has 3 heteroatoms. The Morgan fingerprint density at radius 3 is 2.50 bits per heavy atom. The van der Waals surface area contributed by atoms with E-state index in [-0.39, 0.29) is 0 Å². The summed E-state index contributed by atoms with van der Waals surface area (Å²) < 4.78 is 2.07. The van der Waals surface area contributed by atoms with Gasteiger partial charge in [-0.3, -0.25) is 0 Å². The van der Waals surface area contributed by atoms with Crippen LogP contribution in [0.1, 0.15) is 37.4 Å². The zero-order valence-electron chi connectivity index (χ0n) is 10.8. The molecule has 2 aromatic rings. The lowest BCUT2D eigenvalue weighted by molar-refractivity contribution is 0.635. The smallest absolute Gasteiger partial charge is 0.131 e. The van der Waals surface area contributed by atoms with Gasteiger partial charge in [0.25, 0.3) is 0 Å². The molecule has 1 saturated carbocycles. The van der Waals surface area contributed by atoms with Crippen LogP contribution in [0.25, 0.3) is 11.3 Å². The Morgan fingerprint density at radius 1 is 1.17 bits per heavy atom. The molecule has 18 heavy (non-hydrogen) atoms. The summed E-state index contributed by atoms with van der Waals surface area (Å²) in [6.45, 7) is 0. The Kier molecular flexibility index (Phi) is 2.82. The molecule has 0 saturated heterocycles. The zero-order chi connectivity index (χ0) is 12.5. The van der Waals surface area contributed by atoms with Gasteiger partial charge in [0.15, 0.2) is 0 Å². The lowest BCUT2D eigenvalue weighted by atomic mass is 10.1. The molecule has 0 atom stereocenters. The summed E-state index contributed by atoms with van der Waals surface area (Å²) in [4.78, 5) is 4.80. The molecule has 3 nitrogen and oxygen atoms in total. The van der Waals surface area contributed by atoms with Crippen LogP contribution in [0.3, 0.4) is 0 Å². The van der Waals surface area contributed by atoms with Gasteiger partial charge >= 0.3 is 0 Å². The molecule has 3 rings (SSSR count). The summed E-state index contributed by atoms with van der Waals surface area (Å²) in [6, 6.07) is 10.2. The second-order valence-corrected chi connectivity index (χ2v) is 5.11. The minimum atomic E-state index is 0.592. The first-order chi connectivity index (χ1) is 8.77. The molecule has 0 aliphatic heterocycles. The number of aromatic nitrogens is 2. The maximum absolute atomic E-state index is 6.20. The van der Waals surface area contributed by atoms with Gasteiger partial charge < -0.3 is 10.3 Å². The monoisotopic (exact) mass is 241 g/mol. The van der Waals surface area contributed by atoms with Gasteiger partial charge in [0.2, 0.25) is 0 Å². The molecule has 1 fully saturated rings. The highest BCUT2D eigenvalue weighted by Crippen LogP contribution is 2.36. The van der Waals surface area contributed by atoms with Crippen molar-refractivity contribution in [3.8, 4) is 11.3 Å². The van der Waals surface area contributed by atoms with E-state index < -0.39 is 0 Å². The SMILES string of the molecule is Cn1c(C2CCCC2)nc(-c2ccccc2)c1N. The van der Waals surface area contributed by atoms with Crippen LogP contribution >= 0.6 is 0 Å². The summed E-state index contributed by atoms with van der Waals surface area (Å²) in [5, 5.41) is 0. The highest BCUT2D eigenvalue weighted by atomic mass is 15.1. The fraction of sp³-hybridized carbons (Fsp3) is 0.400. The number of nitrogens with zero attached hydrogens (tertiary/aromatic N) is 2. The predicted octanol–water partition coefficient (Wildman–Crippen LogP) is 3.33. The topological polar surface area (TPSA) is 43.8 Å². The normalized spacial score (nSPS) is 16.3. The predicted molar refractivity (Wildman–Crippen MR) is 74.3 cm³/mol. The van der Waals surface area contributed by atoms with E-state index in [0.717, 1.165) is 22.9 Å². The van der Waals surface area contributed by atoms with Crippen molar-refractivity contribution in [2.45, 2.75) is 31.6 Å². The highest BCUT2D eigenvalue weighted by molar-refractivity contribution is 5.71. The zero-order valence-corrected chi connectivity index (χ0v) is 10.8. The molecule has 0 spiro atoms. The summed E-state index contributed by atoms with van der Waals surface area (Å²) in [7, 11) is 2.03. The third kappa shape index (κ3) is 1.80. The van der Waals surface area contributed by atoms with Crippen molar-refractivity contribution in [1.82, 2.24) is 9.55 Å². The van der Waals surface area contributed by atoms with Gasteiger partial charge in [0.05, 0.1) is 0 Å². The van der Waals surface area contributed by atoms with Crippen LogP contribution in [0, 0.1) is 0 Å². The average Bonchev–Trinajstić information content (AvgIpc) is 3.01. The van der Waals surface area contributed by atoms with Crippen LogP contribution in [0.2, 0.25) is 0 Å². The maximum Gasteiger partial charge on any atom is 0.131 e. The lowest BCUT2D eigenvalue weighted by Gasteiger charge is -2.08. The molecule has 0 unspecified atom stereocenters. The molecule has 0 radical (unpaired) electrons. The Hall–Kier alpha value is -1.77. The quantitative estimate of drug-likeness (QED) is 0.876. The van der Waals surface area contributed by atoms with Gasteiger partial charge in [0, 0.05) is 18.5 Å². The fourth-order valence-corrected chi connectivity index (χ4v) is 2.89. The Balaban J connectivity index is 2.04. The molecule has 0 amide bonds. The molecular formula is C15H19N3. The van der Waals surface area contributed by atoms with Crippen molar-refractivity contribution < 1.29 is 0 Å². The van der Waals surface area contributed by atoms with Crippen molar-refractivity contribution in [2.75, 3.05) is 5.73 Å². The van der Waals surface area contributed by atoms with E-state index in [1.807, 2.05) is 25.2 Å². The van der Waals surface area contributed by atoms with Gasteiger partial charge in [0.1, 0.15) is 17.3 Å². The first-order valence-corrected chi connectivity index (χ1v) is 6.65. The van der Waals surface area contributed by atoms with E-state index in [9.17, 15) is 0 Å². The molecule has 1 aliphatic carbocycles. The number of rotatable bonds is 2. The minimum absolute atomic E-state index is 0.592. The number of benzene rings is 1. The molecule has 0 bridgehead atoms. The van der Waals surface area contributed by atoms with Crippen molar-refractivity contribution in [2.24, 2.45) is 7.05 Å². The molecule has 1 aromatic heterocycles. The summed E-state index contributed by atoms with van der Waals surface area (Å²) in [6.07, 6.45) is 5.13. The van der Waals surface area contributed by atoms with Gasteiger partial charge in [-0.1, -0.05) is 43.2 Å². The van der Waals surface area contributed by atoms with E-state index in [4.69, 9.17) is 10.7 Å². The largest absolute Gasteiger partial charge is 0.383 e. The van der Waals surface area contributed by atoms with E-state index in [1.165, 1.54) is 25.7 Å². The van der Waals surface area contributed by atoms with E-state index in [1.54, 1.807) is 0 Å². The fourth-order valence-electron chi connectivity index (χ4n) is 2.89. The van der Waals surface area contributed by atoms with Crippen molar-refractivity contribution in [3.63, 3.8) is 0 Å². The average molecular weight is 241 g/mol. The van der Waals surface area contributed by atoms with Gasteiger partial charge in [-0.15, -0.1) is 0 Å². The van der Waals surface area contributed by atoms with Crippen molar-refractivity contribution in [3.05, 3.63) is 36.2 Å². The van der Waals surface area contributed by atoms with Crippen molar-refractivity contribution >= 4 is 5.82 Å². The lowest BCUT2D eigenvalue weighted by Crippen LogP contribution is -2.05. The Morgan fingerprint density at radius 2 is 1.83 bits per heavy atom. The number of hydrogen-bond donors (Lipinski definition) is 1. The first kappa shape index (κ1) is 11.3. The van der Waals surface area contributed by atoms with E-state index in [2.05, 4.69) is 16.7 Å². The molecule has 1 aliphatic rings. The molecule has 94 valence electrons. The third-order valence-electron chi connectivity index (χ3n) is 3.94. The minimum Gasteiger partial charge on any atom is -0.383 e. The Labute approximate surface area is 108 Å². The van der Waals surface area contributed by atoms with Crippen LogP contribution in [-0.2, 0) is 7.05 Å². The van der Waals surface area contributed by atoms with Crippen molar-refractivity contribution in [1.29, 1.82) is 0 Å². The third-order valence-corrected chi connectivity index (χ3v) is 3.94. The second-order valence-electron chi connectivity index (χ2n) is 5.11.